The Balaban J connectivity index is 1.92. The van der Waals surface area contributed by atoms with Gasteiger partial charge in [0.25, 0.3) is 0 Å². The van der Waals surface area contributed by atoms with E-state index >= 15 is 0 Å². The van der Waals surface area contributed by atoms with Crippen molar-refractivity contribution >= 4 is 12.1 Å². The number of carbonyl (C=O) groups is 1. The predicted molar refractivity (Wildman–Crippen MR) is 71.4 cm³/mol. The maximum Gasteiger partial charge on any atom is 0.321 e. The molecule has 96 valence electrons. The molecule has 1 N–H and O–H groups in total. The van der Waals surface area contributed by atoms with Gasteiger partial charge in [0, 0.05) is 24.9 Å². The molecule has 1 fully saturated rings. The molecule has 2 rings (SSSR count). The second-order valence-corrected chi connectivity index (χ2v) is 4.22. The van der Waals surface area contributed by atoms with E-state index in [1.54, 1.807) is 13.3 Å². The number of ether oxygens (including phenoxy) is 1. The number of hydrogen-bond acceptors (Lipinski definition) is 2. The van der Waals surface area contributed by atoms with Crippen molar-refractivity contribution in [2.75, 3.05) is 20.2 Å². The topological polar surface area (TPSA) is 41.6 Å². The second kappa shape index (κ2) is 6.10. The predicted octanol–water partition coefficient (Wildman–Crippen LogP) is 2.47. The maximum atomic E-state index is 11.7. The first kappa shape index (κ1) is 12.5. The molecule has 1 aromatic carbocycles. The van der Waals surface area contributed by atoms with E-state index in [9.17, 15) is 4.79 Å². The number of urea groups is 1. The highest BCUT2D eigenvalue weighted by atomic mass is 16.5. The van der Waals surface area contributed by atoms with Crippen molar-refractivity contribution in [2.45, 2.75) is 12.8 Å². The third-order valence-electron chi connectivity index (χ3n) is 3.00. The van der Waals surface area contributed by atoms with Gasteiger partial charge in [-0.05, 0) is 25.0 Å². The standard InChI is InChI=1S/C14H18N2O2/c1-18-13-7-3-2-6-12(13)8-9-15-14(17)16-10-4-5-11-16/h2-3,6-9H,4-5,10-11H2,1H3,(H,15,17)/b9-8+. The van der Waals surface area contributed by atoms with E-state index in [0.717, 1.165) is 37.2 Å². The molecule has 0 unspecified atom stereocenters. The number of benzene rings is 1. The second-order valence-electron chi connectivity index (χ2n) is 4.22. The number of likely N-dealkylation sites (tertiary alicyclic amines) is 1. The summed E-state index contributed by atoms with van der Waals surface area (Å²) in [6.45, 7) is 1.71. The maximum absolute atomic E-state index is 11.7. The zero-order chi connectivity index (χ0) is 12.8. The molecular weight excluding hydrogens is 228 g/mol. The van der Waals surface area contributed by atoms with Crippen LogP contribution in [0.4, 0.5) is 4.79 Å². The molecule has 1 saturated heterocycles. The van der Waals surface area contributed by atoms with Crippen LogP contribution in [0.1, 0.15) is 18.4 Å². The van der Waals surface area contributed by atoms with Crippen LogP contribution in [0.15, 0.2) is 30.5 Å². The SMILES string of the molecule is COc1ccccc1/C=C/NC(=O)N1CCCC1. The number of amides is 2. The first-order chi connectivity index (χ1) is 8.81. The van der Waals surface area contributed by atoms with Crippen LogP contribution in [0.5, 0.6) is 5.75 Å². The molecule has 1 aromatic rings. The lowest BCUT2D eigenvalue weighted by molar-refractivity contribution is 0.212. The fraction of sp³-hybridized carbons (Fsp3) is 0.357. The van der Waals surface area contributed by atoms with Crippen molar-refractivity contribution in [3.05, 3.63) is 36.0 Å². The van der Waals surface area contributed by atoms with Gasteiger partial charge in [-0.15, -0.1) is 0 Å². The summed E-state index contributed by atoms with van der Waals surface area (Å²) in [6, 6.07) is 7.65. The van der Waals surface area contributed by atoms with Crippen LogP contribution in [0.25, 0.3) is 6.08 Å². The van der Waals surface area contributed by atoms with E-state index in [1.165, 1.54) is 0 Å². The van der Waals surface area contributed by atoms with Crippen LogP contribution >= 0.6 is 0 Å². The molecule has 1 heterocycles. The summed E-state index contributed by atoms with van der Waals surface area (Å²) >= 11 is 0. The first-order valence-corrected chi connectivity index (χ1v) is 6.16. The van der Waals surface area contributed by atoms with E-state index in [2.05, 4.69) is 5.32 Å². The Morgan fingerprint density at radius 3 is 2.78 bits per heavy atom. The van der Waals surface area contributed by atoms with Crippen molar-refractivity contribution in [1.82, 2.24) is 10.2 Å². The fourth-order valence-corrected chi connectivity index (χ4v) is 2.02. The molecule has 0 radical (unpaired) electrons. The number of rotatable bonds is 3. The van der Waals surface area contributed by atoms with Gasteiger partial charge in [-0.2, -0.15) is 0 Å². The average Bonchev–Trinajstić information content (AvgIpc) is 2.93. The van der Waals surface area contributed by atoms with Gasteiger partial charge < -0.3 is 15.0 Å². The smallest absolute Gasteiger partial charge is 0.321 e. The summed E-state index contributed by atoms with van der Waals surface area (Å²) in [7, 11) is 1.63. The average molecular weight is 246 g/mol. The summed E-state index contributed by atoms with van der Waals surface area (Å²) in [4.78, 5) is 13.5. The number of hydrogen-bond donors (Lipinski definition) is 1. The lowest BCUT2D eigenvalue weighted by Crippen LogP contribution is -2.34. The van der Waals surface area contributed by atoms with Crippen molar-refractivity contribution in [3.63, 3.8) is 0 Å². The number of nitrogens with one attached hydrogen (secondary N) is 1. The molecule has 0 spiro atoms. The normalized spacial score (nSPS) is 15.1. The van der Waals surface area contributed by atoms with Gasteiger partial charge in [0.05, 0.1) is 7.11 Å². The molecular formula is C14H18N2O2. The Bertz CT molecular complexity index is 437. The Morgan fingerprint density at radius 1 is 1.33 bits per heavy atom. The van der Waals surface area contributed by atoms with Crippen molar-refractivity contribution in [1.29, 1.82) is 0 Å². The van der Waals surface area contributed by atoms with Gasteiger partial charge in [0.1, 0.15) is 5.75 Å². The van der Waals surface area contributed by atoms with Gasteiger partial charge in [0.2, 0.25) is 0 Å². The quantitative estimate of drug-likeness (QED) is 0.890. The number of methoxy groups -OCH3 is 1. The number of carbonyl (C=O) groups excluding carboxylic acids is 1. The van der Waals surface area contributed by atoms with Crippen LogP contribution in [-0.2, 0) is 0 Å². The van der Waals surface area contributed by atoms with E-state index in [-0.39, 0.29) is 6.03 Å². The van der Waals surface area contributed by atoms with Crippen LogP contribution in [0.2, 0.25) is 0 Å². The Morgan fingerprint density at radius 2 is 2.06 bits per heavy atom. The van der Waals surface area contributed by atoms with E-state index < -0.39 is 0 Å². The Kier molecular flexibility index (Phi) is 4.23. The van der Waals surface area contributed by atoms with E-state index in [0.29, 0.717) is 0 Å². The van der Waals surface area contributed by atoms with Gasteiger partial charge in [-0.3, -0.25) is 0 Å². The number of para-hydroxylation sites is 1. The van der Waals surface area contributed by atoms with E-state index in [4.69, 9.17) is 4.74 Å². The highest BCUT2D eigenvalue weighted by Gasteiger charge is 2.16. The van der Waals surface area contributed by atoms with Gasteiger partial charge in [0.15, 0.2) is 0 Å². The summed E-state index contributed by atoms with van der Waals surface area (Å²) in [5, 5.41) is 2.78. The summed E-state index contributed by atoms with van der Waals surface area (Å²) < 4.78 is 5.23. The molecule has 0 saturated carbocycles. The molecule has 1 aliphatic heterocycles. The third-order valence-corrected chi connectivity index (χ3v) is 3.00. The highest BCUT2D eigenvalue weighted by molar-refractivity contribution is 5.76. The van der Waals surface area contributed by atoms with Crippen LogP contribution in [-0.4, -0.2) is 31.1 Å². The van der Waals surface area contributed by atoms with Crippen LogP contribution in [0.3, 0.4) is 0 Å². The van der Waals surface area contributed by atoms with Crippen molar-refractivity contribution in [2.24, 2.45) is 0 Å². The molecule has 4 nitrogen and oxygen atoms in total. The molecule has 0 aliphatic carbocycles. The minimum atomic E-state index is -0.0290. The molecule has 1 aliphatic rings. The molecule has 18 heavy (non-hydrogen) atoms. The monoisotopic (exact) mass is 246 g/mol. The van der Waals surface area contributed by atoms with Crippen molar-refractivity contribution < 1.29 is 9.53 Å². The van der Waals surface area contributed by atoms with Crippen LogP contribution < -0.4 is 10.1 Å². The molecule has 0 aromatic heterocycles. The summed E-state index contributed by atoms with van der Waals surface area (Å²) in [5.41, 5.74) is 0.946. The zero-order valence-electron chi connectivity index (χ0n) is 10.6. The minimum absolute atomic E-state index is 0.0290. The minimum Gasteiger partial charge on any atom is -0.496 e. The molecule has 4 heteroatoms. The van der Waals surface area contributed by atoms with Gasteiger partial charge >= 0.3 is 6.03 Å². The Hall–Kier alpha value is -1.97. The first-order valence-electron chi connectivity index (χ1n) is 6.16. The van der Waals surface area contributed by atoms with E-state index in [1.807, 2.05) is 35.2 Å². The molecule has 2 amide bonds. The van der Waals surface area contributed by atoms with Gasteiger partial charge in [-0.25, -0.2) is 4.79 Å². The summed E-state index contributed by atoms with van der Waals surface area (Å²) in [6.07, 6.45) is 5.71. The lowest BCUT2D eigenvalue weighted by atomic mass is 10.2. The van der Waals surface area contributed by atoms with Crippen LogP contribution in [0, 0.1) is 0 Å². The fourth-order valence-electron chi connectivity index (χ4n) is 2.02. The van der Waals surface area contributed by atoms with Crippen molar-refractivity contribution in [3.8, 4) is 5.75 Å². The zero-order valence-corrected chi connectivity index (χ0v) is 10.6. The molecule has 0 atom stereocenters. The number of nitrogens with zero attached hydrogens (tertiary/aromatic N) is 1. The highest BCUT2D eigenvalue weighted by Crippen LogP contribution is 2.18. The summed E-state index contributed by atoms with van der Waals surface area (Å²) in [5.74, 6) is 0.796. The molecule has 0 bridgehead atoms. The lowest BCUT2D eigenvalue weighted by Gasteiger charge is -2.14. The van der Waals surface area contributed by atoms with Gasteiger partial charge in [-0.1, -0.05) is 18.2 Å². The largest absolute Gasteiger partial charge is 0.496 e. The third kappa shape index (κ3) is 3.03. The Labute approximate surface area is 107 Å².